The van der Waals surface area contributed by atoms with Crippen LogP contribution in [0, 0.1) is 5.92 Å². The number of nitrogens with one attached hydrogen (secondary N) is 1. The Balaban J connectivity index is 1.73. The van der Waals surface area contributed by atoms with Gasteiger partial charge in [0.1, 0.15) is 6.17 Å². The SMILES string of the molecule is CC1NC(c2cccs2)N(CC2CCCOC2)C1=O. The second-order valence-electron chi connectivity index (χ2n) is 5.38. The van der Waals surface area contributed by atoms with E-state index in [1.165, 1.54) is 4.88 Å². The highest BCUT2D eigenvalue weighted by molar-refractivity contribution is 7.10. The van der Waals surface area contributed by atoms with Gasteiger partial charge in [0.05, 0.1) is 12.6 Å². The number of rotatable bonds is 3. The zero-order valence-electron chi connectivity index (χ0n) is 11.2. The molecule has 1 N–H and O–H groups in total. The summed E-state index contributed by atoms with van der Waals surface area (Å²) in [6, 6.07) is 4.05. The van der Waals surface area contributed by atoms with Crippen LogP contribution in [0.25, 0.3) is 0 Å². The first-order valence-electron chi connectivity index (χ1n) is 6.93. The van der Waals surface area contributed by atoms with Crippen molar-refractivity contribution < 1.29 is 9.53 Å². The average Bonchev–Trinajstić information content (AvgIpc) is 3.04. The van der Waals surface area contributed by atoms with Crippen LogP contribution in [0.2, 0.25) is 0 Å². The topological polar surface area (TPSA) is 41.6 Å². The van der Waals surface area contributed by atoms with Gasteiger partial charge in [0.15, 0.2) is 0 Å². The lowest BCUT2D eigenvalue weighted by atomic mass is 10.0. The fraction of sp³-hybridized carbons (Fsp3) is 0.643. The van der Waals surface area contributed by atoms with Crippen molar-refractivity contribution in [2.75, 3.05) is 19.8 Å². The Morgan fingerprint density at radius 3 is 3.16 bits per heavy atom. The third-order valence-corrected chi connectivity index (χ3v) is 4.82. The molecule has 0 bridgehead atoms. The number of nitrogens with zero attached hydrogens (tertiary/aromatic N) is 1. The summed E-state index contributed by atoms with van der Waals surface area (Å²) < 4.78 is 5.52. The molecular formula is C14H20N2O2S. The van der Waals surface area contributed by atoms with E-state index >= 15 is 0 Å². The summed E-state index contributed by atoms with van der Waals surface area (Å²) in [5.41, 5.74) is 0. The van der Waals surface area contributed by atoms with Gasteiger partial charge in [-0.1, -0.05) is 6.07 Å². The number of hydrogen-bond donors (Lipinski definition) is 1. The van der Waals surface area contributed by atoms with Crippen LogP contribution in [0.15, 0.2) is 17.5 Å². The molecule has 1 aromatic rings. The van der Waals surface area contributed by atoms with Crippen LogP contribution in [0.3, 0.4) is 0 Å². The van der Waals surface area contributed by atoms with Crippen molar-refractivity contribution in [3.05, 3.63) is 22.4 Å². The molecule has 2 aliphatic heterocycles. The third kappa shape index (κ3) is 2.68. The molecule has 4 nitrogen and oxygen atoms in total. The van der Waals surface area contributed by atoms with E-state index in [4.69, 9.17) is 4.74 Å². The summed E-state index contributed by atoms with van der Waals surface area (Å²) in [5.74, 6) is 0.691. The smallest absolute Gasteiger partial charge is 0.241 e. The molecule has 1 aromatic heterocycles. The van der Waals surface area contributed by atoms with Gasteiger partial charge in [-0.2, -0.15) is 0 Å². The van der Waals surface area contributed by atoms with Gasteiger partial charge in [0.25, 0.3) is 0 Å². The predicted octanol–water partition coefficient (Wildman–Crippen LogP) is 1.99. The first kappa shape index (κ1) is 13.1. The molecule has 3 rings (SSSR count). The van der Waals surface area contributed by atoms with Crippen LogP contribution in [0.4, 0.5) is 0 Å². The molecule has 0 aromatic carbocycles. The van der Waals surface area contributed by atoms with E-state index < -0.39 is 0 Å². The molecule has 0 saturated carbocycles. The summed E-state index contributed by atoms with van der Waals surface area (Å²) >= 11 is 1.70. The molecule has 0 aliphatic carbocycles. The number of carbonyl (C=O) groups is 1. The van der Waals surface area contributed by atoms with E-state index in [-0.39, 0.29) is 18.1 Å². The second kappa shape index (κ2) is 5.61. The molecule has 1 amide bonds. The first-order chi connectivity index (χ1) is 9.25. The van der Waals surface area contributed by atoms with Gasteiger partial charge < -0.3 is 9.64 Å². The second-order valence-corrected chi connectivity index (χ2v) is 6.36. The first-order valence-corrected chi connectivity index (χ1v) is 7.81. The van der Waals surface area contributed by atoms with Crippen molar-refractivity contribution in [3.8, 4) is 0 Å². The molecule has 0 spiro atoms. The van der Waals surface area contributed by atoms with Crippen molar-refractivity contribution >= 4 is 17.2 Å². The molecule has 5 heteroatoms. The maximum absolute atomic E-state index is 12.3. The molecule has 104 valence electrons. The maximum Gasteiger partial charge on any atom is 0.241 e. The zero-order chi connectivity index (χ0) is 13.2. The molecule has 2 saturated heterocycles. The van der Waals surface area contributed by atoms with Gasteiger partial charge in [-0.25, -0.2) is 0 Å². The minimum absolute atomic E-state index is 0.0458. The van der Waals surface area contributed by atoms with E-state index in [0.29, 0.717) is 5.92 Å². The van der Waals surface area contributed by atoms with Gasteiger partial charge in [-0.3, -0.25) is 10.1 Å². The van der Waals surface area contributed by atoms with Crippen LogP contribution < -0.4 is 5.32 Å². The Kier molecular flexibility index (Phi) is 3.86. The highest BCUT2D eigenvalue weighted by Crippen LogP contribution is 2.30. The van der Waals surface area contributed by atoms with Gasteiger partial charge in [0, 0.05) is 23.9 Å². The van der Waals surface area contributed by atoms with Crippen molar-refractivity contribution in [1.29, 1.82) is 0 Å². The summed E-state index contributed by atoms with van der Waals surface area (Å²) in [6.45, 7) is 4.40. The zero-order valence-corrected chi connectivity index (χ0v) is 12.0. The molecule has 3 atom stereocenters. The number of ether oxygens (including phenoxy) is 1. The minimum atomic E-state index is -0.0865. The Bertz CT molecular complexity index is 429. The Morgan fingerprint density at radius 1 is 1.58 bits per heavy atom. The van der Waals surface area contributed by atoms with Crippen LogP contribution >= 0.6 is 11.3 Å². The monoisotopic (exact) mass is 280 g/mol. The van der Waals surface area contributed by atoms with Gasteiger partial charge >= 0.3 is 0 Å². The largest absolute Gasteiger partial charge is 0.381 e. The lowest BCUT2D eigenvalue weighted by Crippen LogP contribution is -2.37. The average molecular weight is 280 g/mol. The molecule has 3 heterocycles. The Hall–Kier alpha value is -0.910. The van der Waals surface area contributed by atoms with E-state index in [0.717, 1.165) is 32.6 Å². The predicted molar refractivity (Wildman–Crippen MR) is 74.9 cm³/mol. The van der Waals surface area contributed by atoms with E-state index in [9.17, 15) is 4.79 Å². The molecule has 0 radical (unpaired) electrons. The highest BCUT2D eigenvalue weighted by atomic mass is 32.1. The van der Waals surface area contributed by atoms with Crippen molar-refractivity contribution in [3.63, 3.8) is 0 Å². The fourth-order valence-electron chi connectivity index (χ4n) is 2.88. The number of thiophene rings is 1. The van der Waals surface area contributed by atoms with Crippen LogP contribution in [-0.2, 0) is 9.53 Å². The lowest BCUT2D eigenvalue weighted by Gasteiger charge is -2.30. The van der Waals surface area contributed by atoms with E-state index in [1.54, 1.807) is 11.3 Å². The van der Waals surface area contributed by atoms with Gasteiger partial charge in [-0.15, -0.1) is 11.3 Å². The van der Waals surface area contributed by atoms with Crippen molar-refractivity contribution in [1.82, 2.24) is 10.2 Å². The number of amides is 1. The Morgan fingerprint density at radius 2 is 2.47 bits per heavy atom. The molecular weight excluding hydrogens is 260 g/mol. The summed E-state index contributed by atoms with van der Waals surface area (Å²) in [5, 5.41) is 5.45. The molecule has 2 aliphatic rings. The highest BCUT2D eigenvalue weighted by Gasteiger charge is 2.38. The summed E-state index contributed by atoms with van der Waals surface area (Å²) in [4.78, 5) is 15.5. The van der Waals surface area contributed by atoms with Crippen LogP contribution in [-0.4, -0.2) is 36.6 Å². The van der Waals surface area contributed by atoms with E-state index in [1.807, 2.05) is 17.9 Å². The molecule has 19 heavy (non-hydrogen) atoms. The minimum Gasteiger partial charge on any atom is -0.381 e. The summed E-state index contributed by atoms with van der Waals surface area (Å²) in [6.07, 6.45) is 2.32. The molecule has 2 fully saturated rings. The van der Waals surface area contributed by atoms with Crippen LogP contribution in [0.5, 0.6) is 0 Å². The standard InChI is InChI=1S/C14H20N2O2S/c1-10-14(17)16(8-11-4-2-6-18-9-11)13(15-10)12-5-3-7-19-12/h3,5,7,10-11,13,15H,2,4,6,8-9H2,1H3. The quantitative estimate of drug-likeness (QED) is 0.920. The van der Waals surface area contributed by atoms with Gasteiger partial charge in [-0.05, 0) is 31.2 Å². The van der Waals surface area contributed by atoms with E-state index in [2.05, 4.69) is 16.8 Å². The Labute approximate surface area is 117 Å². The fourth-order valence-corrected chi connectivity index (χ4v) is 3.68. The van der Waals surface area contributed by atoms with Gasteiger partial charge in [0.2, 0.25) is 5.91 Å². The molecule has 3 unspecified atom stereocenters. The number of hydrogen-bond acceptors (Lipinski definition) is 4. The van der Waals surface area contributed by atoms with Crippen molar-refractivity contribution in [2.45, 2.75) is 32.0 Å². The van der Waals surface area contributed by atoms with Crippen molar-refractivity contribution in [2.24, 2.45) is 5.92 Å². The van der Waals surface area contributed by atoms with Crippen LogP contribution in [0.1, 0.15) is 30.8 Å². The maximum atomic E-state index is 12.3. The number of carbonyl (C=O) groups excluding carboxylic acids is 1. The lowest BCUT2D eigenvalue weighted by molar-refractivity contribution is -0.131. The summed E-state index contributed by atoms with van der Waals surface area (Å²) in [7, 11) is 0. The normalized spacial score (nSPS) is 31.9. The third-order valence-electron chi connectivity index (χ3n) is 3.90.